The molecular weight excluding hydrogens is 458 g/mol. The Morgan fingerprint density at radius 1 is 1.00 bits per heavy atom. The average Bonchev–Trinajstić information content (AvgIpc) is 3.28. The van der Waals surface area contributed by atoms with Crippen molar-refractivity contribution in [2.75, 3.05) is 25.1 Å². The smallest absolute Gasteiger partial charge is 0.216 e. The maximum Gasteiger partial charge on any atom is 0.216 e. The first kappa shape index (κ1) is 24.2. The van der Waals surface area contributed by atoms with Gasteiger partial charge in [-0.15, -0.1) is 0 Å². The van der Waals surface area contributed by atoms with Crippen LogP contribution in [0.15, 0.2) is 77.9 Å². The number of ether oxygens (including phenoxy) is 2. The molecule has 0 radical (unpaired) electrons. The monoisotopic (exact) mass is 487 g/mol. The Morgan fingerprint density at radius 3 is 2.43 bits per heavy atom. The summed E-state index contributed by atoms with van der Waals surface area (Å²) >= 11 is 5.42. The number of nitrogens with zero attached hydrogens (tertiary/aromatic N) is 4. The van der Waals surface area contributed by atoms with E-state index >= 15 is 0 Å². The topological polar surface area (TPSA) is 67.7 Å². The molecule has 0 amide bonds. The van der Waals surface area contributed by atoms with Crippen LogP contribution in [0.1, 0.15) is 25.0 Å². The lowest BCUT2D eigenvalue weighted by Crippen LogP contribution is -2.21. The molecule has 4 rings (SSSR count). The lowest BCUT2D eigenvalue weighted by molar-refractivity contribution is 0.284. The third kappa shape index (κ3) is 5.78. The van der Waals surface area contributed by atoms with Crippen LogP contribution in [-0.4, -0.2) is 41.3 Å². The minimum atomic E-state index is 0.416. The Labute approximate surface area is 210 Å². The fraction of sp³-hybridized carbons (Fsp3) is 0.222. The second-order valence-corrected chi connectivity index (χ2v) is 8.20. The van der Waals surface area contributed by atoms with Crippen LogP contribution in [0.3, 0.4) is 0 Å². The van der Waals surface area contributed by atoms with Crippen molar-refractivity contribution in [1.29, 1.82) is 0 Å². The van der Waals surface area contributed by atoms with Gasteiger partial charge < -0.3 is 14.4 Å². The molecule has 4 aromatic rings. The zero-order valence-corrected chi connectivity index (χ0v) is 21.0. The highest BCUT2D eigenvalue weighted by molar-refractivity contribution is 7.71. The predicted octanol–water partition coefficient (Wildman–Crippen LogP) is 5.92. The largest absolute Gasteiger partial charge is 0.493 e. The van der Waals surface area contributed by atoms with Gasteiger partial charge in [-0.1, -0.05) is 30.3 Å². The number of hydrogen-bond acceptors (Lipinski definition) is 6. The number of rotatable bonds is 10. The molecule has 0 aliphatic rings. The van der Waals surface area contributed by atoms with Crippen LogP contribution >= 0.6 is 12.2 Å². The summed E-state index contributed by atoms with van der Waals surface area (Å²) in [7, 11) is 1.62. The van der Waals surface area contributed by atoms with Crippen molar-refractivity contribution >= 4 is 24.1 Å². The molecule has 8 heteroatoms. The Bertz CT molecular complexity index is 1330. The van der Waals surface area contributed by atoms with E-state index in [1.807, 2.05) is 60.7 Å². The third-order valence-corrected chi connectivity index (χ3v) is 5.92. The van der Waals surface area contributed by atoms with E-state index in [0.29, 0.717) is 28.7 Å². The molecule has 0 bridgehead atoms. The van der Waals surface area contributed by atoms with E-state index in [4.69, 9.17) is 21.7 Å². The molecular formula is C27H29N5O2S. The summed E-state index contributed by atoms with van der Waals surface area (Å²) in [5.74, 6) is 1.95. The predicted molar refractivity (Wildman–Crippen MR) is 143 cm³/mol. The molecule has 0 unspecified atom stereocenters. The molecule has 7 nitrogen and oxygen atoms in total. The van der Waals surface area contributed by atoms with Crippen molar-refractivity contribution < 1.29 is 9.47 Å². The number of aromatic amines is 1. The number of aromatic nitrogens is 3. The summed E-state index contributed by atoms with van der Waals surface area (Å²) in [5, 5.41) is 11.8. The number of benzene rings is 3. The van der Waals surface area contributed by atoms with Gasteiger partial charge in [-0.3, -0.25) is 0 Å². The number of H-pyrrole nitrogens is 1. The molecule has 35 heavy (non-hydrogen) atoms. The van der Waals surface area contributed by atoms with Gasteiger partial charge in [0, 0.05) is 24.3 Å². The molecule has 0 fully saturated rings. The van der Waals surface area contributed by atoms with Crippen LogP contribution in [0, 0.1) is 4.77 Å². The van der Waals surface area contributed by atoms with Crippen LogP contribution in [0.2, 0.25) is 0 Å². The normalized spacial score (nSPS) is 11.1. The van der Waals surface area contributed by atoms with Crippen molar-refractivity contribution in [3.63, 3.8) is 0 Å². The van der Waals surface area contributed by atoms with E-state index in [1.54, 1.807) is 18.0 Å². The summed E-state index contributed by atoms with van der Waals surface area (Å²) in [4.78, 5) is 2.29. The van der Waals surface area contributed by atoms with Gasteiger partial charge in [0.05, 0.1) is 13.3 Å². The van der Waals surface area contributed by atoms with Gasteiger partial charge in [0.15, 0.2) is 17.3 Å². The molecule has 3 aromatic carbocycles. The highest BCUT2D eigenvalue weighted by atomic mass is 32.1. The number of hydrogen-bond donors (Lipinski definition) is 1. The Hall–Kier alpha value is -3.91. The van der Waals surface area contributed by atoms with Crippen LogP contribution in [0.5, 0.6) is 11.5 Å². The van der Waals surface area contributed by atoms with E-state index in [1.165, 1.54) is 5.69 Å². The van der Waals surface area contributed by atoms with Crippen molar-refractivity contribution in [2.45, 2.75) is 20.5 Å². The quantitative estimate of drug-likeness (QED) is 0.222. The zero-order valence-electron chi connectivity index (χ0n) is 20.1. The molecule has 0 saturated carbocycles. The standard InChI is InChI=1S/C27H29N5O2S/c1-4-31(5-2)23-14-12-22(13-15-23)26-29-30-27(35)32(26)28-18-21-11-16-24(25(17-21)33-3)34-19-20-9-7-6-8-10-20/h6-18H,4-5,19H2,1-3H3,(H,30,35). The first-order chi connectivity index (χ1) is 17.1. The molecule has 0 atom stereocenters. The lowest BCUT2D eigenvalue weighted by Gasteiger charge is -2.20. The summed E-state index contributed by atoms with van der Waals surface area (Å²) in [6.07, 6.45) is 1.72. The van der Waals surface area contributed by atoms with Crippen molar-refractivity contribution in [3.05, 3.63) is 88.7 Å². The highest BCUT2D eigenvalue weighted by Gasteiger charge is 2.10. The fourth-order valence-corrected chi connectivity index (χ4v) is 3.92. The van der Waals surface area contributed by atoms with Gasteiger partial charge in [0.1, 0.15) is 6.61 Å². The van der Waals surface area contributed by atoms with Gasteiger partial charge in [0.2, 0.25) is 4.77 Å². The maximum atomic E-state index is 5.95. The van der Waals surface area contributed by atoms with E-state index in [2.05, 4.69) is 46.2 Å². The van der Waals surface area contributed by atoms with E-state index in [9.17, 15) is 0 Å². The first-order valence-corrected chi connectivity index (χ1v) is 12.0. The molecule has 1 aromatic heterocycles. The van der Waals surface area contributed by atoms with E-state index < -0.39 is 0 Å². The third-order valence-electron chi connectivity index (χ3n) is 5.65. The Kier molecular flexibility index (Phi) is 7.95. The highest BCUT2D eigenvalue weighted by Crippen LogP contribution is 2.28. The summed E-state index contributed by atoms with van der Waals surface area (Å²) < 4.78 is 13.5. The van der Waals surface area contributed by atoms with Crippen molar-refractivity contribution in [2.24, 2.45) is 5.10 Å². The Morgan fingerprint density at radius 2 is 1.74 bits per heavy atom. The van der Waals surface area contributed by atoms with Crippen LogP contribution < -0.4 is 14.4 Å². The molecule has 1 N–H and O–H groups in total. The van der Waals surface area contributed by atoms with Crippen molar-refractivity contribution in [1.82, 2.24) is 14.9 Å². The lowest BCUT2D eigenvalue weighted by atomic mass is 10.2. The maximum absolute atomic E-state index is 5.95. The molecule has 180 valence electrons. The molecule has 0 saturated heterocycles. The second kappa shape index (κ2) is 11.5. The van der Waals surface area contributed by atoms with Gasteiger partial charge >= 0.3 is 0 Å². The summed E-state index contributed by atoms with van der Waals surface area (Å²) in [5.41, 5.74) is 4.03. The van der Waals surface area contributed by atoms with Gasteiger partial charge in [-0.25, -0.2) is 5.10 Å². The van der Waals surface area contributed by atoms with E-state index in [-0.39, 0.29) is 0 Å². The molecule has 1 heterocycles. The van der Waals surface area contributed by atoms with Crippen LogP contribution in [0.25, 0.3) is 11.4 Å². The van der Waals surface area contributed by atoms with Gasteiger partial charge in [-0.05, 0) is 79.7 Å². The number of anilines is 1. The van der Waals surface area contributed by atoms with E-state index in [0.717, 1.165) is 29.8 Å². The zero-order chi connectivity index (χ0) is 24.6. The first-order valence-electron chi connectivity index (χ1n) is 11.5. The van der Waals surface area contributed by atoms with Gasteiger partial charge in [0.25, 0.3) is 0 Å². The molecule has 0 spiro atoms. The molecule has 0 aliphatic carbocycles. The summed E-state index contributed by atoms with van der Waals surface area (Å²) in [6.45, 7) is 6.67. The number of methoxy groups -OCH3 is 1. The second-order valence-electron chi connectivity index (χ2n) is 7.81. The Balaban J connectivity index is 1.53. The van der Waals surface area contributed by atoms with Crippen LogP contribution in [0.4, 0.5) is 5.69 Å². The SMILES string of the molecule is CCN(CC)c1ccc(-c2n[nH]c(=S)n2N=Cc2ccc(OCc3ccccc3)c(OC)c2)cc1. The molecule has 0 aliphatic heterocycles. The average molecular weight is 488 g/mol. The number of nitrogens with one attached hydrogen (secondary N) is 1. The minimum absolute atomic E-state index is 0.416. The fourth-order valence-electron chi connectivity index (χ4n) is 3.74. The minimum Gasteiger partial charge on any atom is -0.493 e. The van der Waals surface area contributed by atoms with Gasteiger partial charge in [-0.2, -0.15) is 14.9 Å². The summed E-state index contributed by atoms with van der Waals surface area (Å²) in [6, 6.07) is 23.9. The van der Waals surface area contributed by atoms with Crippen LogP contribution in [-0.2, 0) is 6.61 Å². The van der Waals surface area contributed by atoms with Crippen molar-refractivity contribution in [3.8, 4) is 22.9 Å².